The van der Waals surface area contributed by atoms with E-state index < -0.39 is 0 Å². The quantitative estimate of drug-likeness (QED) is 0.499. The first-order chi connectivity index (χ1) is 13.7. The summed E-state index contributed by atoms with van der Waals surface area (Å²) < 4.78 is 0. The van der Waals surface area contributed by atoms with Crippen LogP contribution in [0.3, 0.4) is 0 Å². The van der Waals surface area contributed by atoms with Gasteiger partial charge in [-0.05, 0) is 47.4 Å². The molecule has 2 heterocycles. The second-order valence-electron chi connectivity index (χ2n) is 6.90. The van der Waals surface area contributed by atoms with E-state index in [4.69, 9.17) is 0 Å². The van der Waals surface area contributed by atoms with Gasteiger partial charge in [-0.1, -0.05) is 36.4 Å². The van der Waals surface area contributed by atoms with Crippen molar-refractivity contribution in [2.45, 2.75) is 18.4 Å². The van der Waals surface area contributed by atoms with Gasteiger partial charge >= 0.3 is 0 Å². The molecule has 1 aliphatic rings. The highest BCUT2D eigenvalue weighted by atomic mass is 16.1. The highest BCUT2D eigenvalue weighted by molar-refractivity contribution is 5.95. The van der Waals surface area contributed by atoms with Crippen molar-refractivity contribution in [3.63, 3.8) is 0 Å². The maximum absolute atomic E-state index is 12.8. The number of tetrazole rings is 1. The van der Waals surface area contributed by atoms with Crippen molar-refractivity contribution >= 4 is 5.91 Å². The van der Waals surface area contributed by atoms with Crippen LogP contribution in [0.4, 0.5) is 0 Å². The van der Waals surface area contributed by atoms with Crippen LogP contribution in [-0.2, 0) is 5.54 Å². The summed E-state index contributed by atoms with van der Waals surface area (Å²) in [6, 6.07) is 17.3. The highest BCUT2D eigenvalue weighted by Crippen LogP contribution is 2.46. The Balaban J connectivity index is 1.32. The Morgan fingerprint density at radius 3 is 2.32 bits per heavy atom. The molecule has 1 aliphatic carbocycles. The zero-order valence-corrected chi connectivity index (χ0v) is 14.9. The van der Waals surface area contributed by atoms with Gasteiger partial charge in [0.25, 0.3) is 5.91 Å². The van der Waals surface area contributed by atoms with E-state index in [-0.39, 0.29) is 11.4 Å². The number of hydrogen-bond donors (Lipinski definition) is 3. The van der Waals surface area contributed by atoms with Crippen LogP contribution in [0.15, 0.2) is 60.8 Å². The van der Waals surface area contributed by atoms with E-state index >= 15 is 0 Å². The number of aromatic amines is 2. The van der Waals surface area contributed by atoms with Crippen molar-refractivity contribution in [1.82, 2.24) is 36.1 Å². The molecule has 2 aromatic carbocycles. The summed E-state index contributed by atoms with van der Waals surface area (Å²) in [4.78, 5) is 12.8. The maximum atomic E-state index is 12.8. The lowest BCUT2D eigenvalue weighted by Crippen LogP contribution is -2.34. The number of aromatic nitrogens is 6. The minimum Gasteiger partial charge on any atom is -0.343 e. The van der Waals surface area contributed by atoms with Gasteiger partial charge in [0.15, 0.2) is 0 Å². The Labute approximate surface area is 160 Å². The zero-order valence-electron chi connectivity index (χ0n) is 14.9. The topological polar surface area (TPSA) is 112 Å². The van der Waals surface area contributed by atoms with Gasteiger partial charge in [-0.2, -0.15) is 10.3 Å². The lowest BCUT2D eigenvalue weighted by atomic mass is 10.0. The largest absolute Gasteiger partial charge is 0.343 e. The average molecular weight is 371 g/mol. The Hall–Kier alpha value is -3.81. The zero-order chi connectivity index (χ0) is 19.0. The first kappa shape index (κ1) is 16.4. The van der Waals surface area contributed by atoms with E-state index in [1.165, 1.54) is 0 Å². The smallest absolute Gasteiger partial charge is 0.251 e. The average Bonchev–Trinajstić information content (AvgIpc) is 3.17. The summed E-state index contributed by atoms with van der Waals surface area (Å²) in [7, 11) is 0. The Morgan fingerprint density at radius 1 is 0.964 bits per heavy atom. The monoisotopic (exact) mass is 371 g/mol. The minimum atomic E-state index is -0.297. The van der Waals surface area contributed by atoms with E-state index in [1.807, 2.05) is 54.6 Å². The van der Waals surface area contributed by atoms with Crippen LogP contribution in [0.1, 0.15) is 28.8 Å². The standard InChI is InChI=1S/C20H17N7O/c28-19(15-3-1-13(2-4-15)17-9-12-21-23-17)22-20(10-11-20)16-7-5-14(6-8-16)18-24-26-27-25-18/h1-9,12H,10-11H2,(H,21,23)(H,22,28)(H,24,25,26,27). The van der Waals surface area contributed by atoms with Crippen molar-refractivity contribution in [2.24, 2.45) is 0 Å². The van der Waals surface area contributed by atoms with Gasteiger partial charge < -0.3 is 5.32 Å². The normalized spacial score (nSPS) is 14.6. The van der Waals surface area contributed by atoms with Crippen LogP contribution in [0.25, 0.3) is 22.6 Å². The van der Waals surface area contributed by atoms with Gasteiger partial charge in [0.2, 0.25) is 5.82 Å². The first-order valence-corrected chi connectivity index (χ1v) is 9.00. The molecule has 0 radical (unpaired) electrons. The van der Waals surface area contributed by atoms with Crippen LogP contribution in [-0.4, -0.2) is 36.7 Å². The number of rotatable bonds is 5. The fraction of sp³-hybridized carbons (Fsp3) is 0.150. The highest BCUT2D eigenvalue weighted by Gasteiger charge is 2.45. The Kier molecular flexibility index (Phi) is 3.75. The molecule has 0 bridgehead atoms. The number of carbonyl (C=O) groups is 1. The lowest BCUT2D eigenvalue weighted by molar-refractivity contribution is 0.0931. The third-order valence-electron chi connectivity index (χ3n) is 5.10. The van der Waals surface area contributed by atoms with Crippen LogP contribution in [0.5, 0.6) is 0 Å². The van der Waals surface area contributed by atoms with Gasteiger partial charge in [0.05, 0.1) is 11.2 Å². The van der Waals surface area contributed by atoms with Crippen molar-refractivity contribution in [3.8, 4) is 22.6 Å². The van der Waals surface area contributed by atoms with Crippen molar-refractivity contribution in [3.05, 3.63) is 71.9 Å². The Bertz CT molecular complexity index is 1080. The third-order valence-corrected chi connectivity index (χ3v) is 5.10. The van der Waals surface area contributed by atoms with Crippen molar-refractivity contribution in [2.75, 3.05) is 0 Å². The van der Waals surface area contributed by atoms with Crippen LogP contribution >= 0.6 is 0 Å². The molecule has 4 aromatic rings. The number of H-pyrrole nitrogens is 2. The van der Waals surface area contributed by atoms with E-state index in [0.717, 1.165) is 35.2 Å². The maximum Gasteiger partial charge on any atom is 0.251 e. The summed E-state index contributed by atoms with van der Waals surface area (Å²) in [5, 5.41) is 24.1. The van der Waals surface area contributed by atoms with E-state index in [2.05, 4.69) is 36.1 Å². The predicted molar refractivity (Wildman–Crippen MR) is 102 cm³/mol. The van der Waals surface area contributed by atoms with Gasteiger partial charge in [0, 0.05) is 17.3 Å². The summed E-state index contributed by atoms with van der Waals surface area (Å²) in [6.45, 7) is 0. The molecule has 5 rings (SSSR count). The van der Waals surface area contributed by atoms with Crippen LogP contribution in [0, 0.1) is 0 Å². The number of nitrogens with one attached hydrogen (secondary N) is 3. The molecule has 1 amide bonds. The fourth-order valence-corrected chi connectivity index (χ4v) is 3.34. The summed E-state index contributed by atoms with van der Waals surface area (Å²) >= 11 is 0. The summed E-state index contributed by atoms with van der Waals surface area (Å²) in [5.74, 6) is 0.480. The summed E-state index contributed by atoms with van der Waals surface area (Å²) in [6.07, 6.45) is 3.55. The molecular formula is C20H17N7O. The van der Waals surface area contributed by atoms with Crippen molar-refractivity contribution in [1.29, 1.82) is 0 Å². The molecule has 0 saturated heterocycles. The molecule has 8 nitrogen and oxygen atoms in total. The number of hydrogen-bond acceptors (Lipinski definition) is 5. The molecule has 0 aliphatic heterocycles. The number of amides is 1. The predicted octanol–water partition coefficient (Wildman–Crippen LogP) is 2.68. The molecule has 3 N–H and O–H groups in total. The number of carbonyl (C=O) groups excluding carboxylic acids is 1. The van der Waals surface area contributed by atoms with E-state index in [9.17, 15) is 4.79 Å². The van der Waals surface area contributed by atoms with E-state index in [0.29, 0.717) is 11.4 Å². The minimum absolute atomic E-state index is 0.0732. The number of nitrogens with zero attached hydrogens (tertiary/aromatic N) is 4. The lowest BCUT2D eigenvalue weighted by Gasteiger charge is -2.18. The van der Waals surface area contributed by atoms with Crippen LogP contribution < -0.4 is 5.32 Å². The molecule has 0 spiro atoms. The molecule has 8 heteroatoms. The second-order valence-corrected chi connectivity index (χ2v) is 6.90. The molecular weight excluding hydrogens is 354 g/mol. The van der Waals surface area contributed by atoms with E-state index in [1.54, 1.807) is 6.20 Å². The van der Waals surface area contributed by atoms with Gasteiger partial charge in [0.1, 0.15) is 0 Å². The molecule has 1 saturated carbocycles. The molecule has 1 fully saturated rings. The second kappa shape index (κ2) is 6.41. The molecule has 0 unspecified atom stereocenters. The first-order valence-electron chi connectivity index (χ1n) is 9.00. The molecule has 28 heavy (non-hydrogen) atoms. The van der Waals surface area contributed by atoms with Crippen molar-refractivity contribution < 1.29 is 4.79 Å². The van der Waals surface area contributed by atoms with Gasteiger partial charge in [-0.15, -0.1) is 10.2 Å². The molecule has 2 aromatic heterocycles. The molecule has 138 valence electrons. The Morgan fingerprint density at radius 2 is 1.71 bits per heavy atom. The SMILES string of the molecule is O=C(NC1(c2ccc(-c3nn[nH]n3)cc2)CC1)c1ccc(-c2ccn[nH]2)cc1. The van der Waals surface area contributed by atoms with Gasteiger partial charge in [-0.3, -0.25) is 9.89 Å². The van der Waals surface area contributed by atoms with Gasteiger partial charge in [-0.25, -0.2) is 0 Å². The number of benzene rings is 2. The molecule has 0 atom stereocenters. The van der Waals surface area contributed by atoms with Crippen LogP contribution in [0.2, 0.25) is 0 Å². The fourth-order valence-electron chi connectivity index (χ4n) is 3.34. The third kappa shape index (κ3) is 2.94. The summed E-state index contributed by atoms with van der Waals surface area (Å²) in [5.41, 5.74) is 4.23.